The number of anilines is 2. The van der Waals surface area contributed by atoms with Gasteiger partial charge in [-0.3, -0.25) is 0 Å². The van der Waals surface area contributed by atoms with E-state index in [1.165, 1.54) is 55.5 Å². The molecule has 0 aliphatic rings. The van der Waals surface area contributed by atoms with Crippen LogP contribution in [0.1, 0.15) is 51.0 Å². The van der Waals surface area contributed by atoms with Crippen LogP contribution in [0.3, 0.4) is 0 Å². The first kappa shape index (κ1) is 21.4. The van der Waals surface area contributed by atoms with Gasteiger partial charge < -0.3 is 10.6 Å². The van der Waals surface area contributed by atoms with Crippen LogP contribution in [0.25, 0.3) is 0 Å². The average molecular weight is 361 g/mol. The molecule has 2 nitrogen and oxygen atoms in total. The van der Waals surface area contributed by atoms with E-state index in [2.05, 4.69) is 72.2 Å². The first-order valence-electron chi connectivity index (χ1n) is 9.50. The predicted molar refractivity (Wildman–Crippen MR) is 114 cm³/mol. The van der Waals surface area contributed by atoms with E-state index in [4.69, 9.17) is 0 Å². The lowest BCUT2D eigenvalue weighted by atomic mass is 10.1. The number of unbranched alkanes of at least 4 members (excludes halogenated alkanes) is 5. The molecule has 0 spiro atoms. The minimum atomic E-state index is 0. The highest BCUT2D eigenvalue weighted by molar-refractivity contribution is 5.85. The van der Waals surface area contributed by atoms with Crippen molar-refractivity contribution in [1.82, 2.24) is 0 Å². The van der Waals surface area contributed by atoms with Crippen LogP contribution in [0.4, 0.5) is 11.4 Å². The minimum Gasteiger partial charge on any atom is -0.385 e. The Morgan fingerprint density at radius 3 is 1.84 bits per heavy atom. The summed E-state index contributed by atoms with van der Waals surface area (Å²) in [7, 11) is 0. The number of hydrogen-bond donors (Lipinski definition) is 2. The van der Waals surface area contributed by atoms with Gasteiger partial charge >= 0.3 is 0 Å². The van der Waals surface area contributed by atoms with E-state index in [0.717, 1.165) is 19.5 Å². The molecule has 2 N–H and O–H groups in total. The van der Waals surface area contributed by atoms with Gasteiger partial charge in [0.15, 0.2) is 0 Å². The predicted octanol–water partition coefficient (Wildman–Crippen LogP) is 6.54. The van der Waals surface area contributed by atoms with Gasteiger partial charge in [0.1, 0.15) is 0 Å². The van der Waals surface area contributed by atoms with Crippen LogP contribution in [0.5, 0.6) is 0 Å². The van der Waals surface area contributed by atoms with Gasteiger partial charge in [-0.15, -0.1) is 12.4 Å². The third kappa shape index (κ3) is 9.40. The summed E-state index contributed by atoms with van der Waals surface area (Å²) in [6, 6.07) is 19.3. The van der Waals surface area contributed by atoms with E-state index in [0.29, 0.717) is 0 Å². The number of hydrogen-bond acceptors (Lipinski definition) is 2. The minimum absolute atomic E-state index is 0. The summed E-state index contributed by atoms with van der Waals surface area (Å²) in [6.07, 6.45) is 9.13. The first-order valence-corrected chi connectivity index (χ1v) is 9.50. The molecule has 25 heavy (non-hydrogen) atoms. The molecule has 0 aliphatic heterocycles. The summed E-state index contributed by atoms with van der Waals surface area (Å²) < 4.78 is 0. The summed E-state index contributed by atoms with van der Waals surface area (Å²) in [4.78, 5) is 0. The van der Waals surface area contributed by atoms with Crippen molar-refractivity contribution in [2.24, 2.45) is 0 Å². The molecule has 0 amide bonds. The Balaban J connectivity index is 0.00000312. The Hall–Kier alpha value is -1.67. The van der Waals surface area contributed by atoms with Crippen LogP contribution in [-0.2, 0) is 6.42 Å². The fourth-order valence-electron chi connectivity index (χ4n) is 2.84. The molecule has 0 heterocycles. The second-order valence-corrected chi connectivity index (χ2v) is 6.43. The van der Waals surface area contributed by atoms with Crippen molar-refractivity contribution in [1.29, 1.82) is 0 Å². The summed E-state index contributed by atoms with van der Waals surface area (Å²) >= 11 is 0. The molecule has 2 aromatic carbocycles. The van der Waals surface area contributed by atoms with Gasteiger partial charge in [0.25, 0.3) is 0 Å². The zero-order valence-corrected chi connectivity index (χ0v) is 16.3. The first-order chi connectivity index (χ1) is 11.9. The molecule has 0 unspecified atom stereocenters. The number of halogens is 1. The zero-order valence-electron chi connectivity index (χ0n) is 15.5. The van der Waals surface area contributed by atoms with Crippen molar-refractivity contribution in [3.8, 4) is 0 Å². The number of nitrogens with one attached hydrogen (secondary N) is 2. The third-order valence-corrected chi connectivity index (χ3v) is 4.33. The van der Waals surface area contributed by atoms with E-state index < -0.39 is 0 Å². The lowest BCUT2D eigenvalue weighted by Gasteiger charge is -2.09. The molecule has 0 aliphatic carbocycles. The maximum atomic E-state index is 3.52. The van der Waals surface area contributed by atoms with Crippen molar-refractivity contribution in [3.63, 3.8) is 0 Å². The summed E-state index contributed by atoms with van der Waals surface area (Å²) in [5.41, 5.74) is 3.79. The topological polar surface area (TPSA) is 24.1 Å². The lowest BCUT2D eigenvalue weighted by molar-refractivity contribution is 0.617. The lowest BCUT2D eigenvalue weighted by Crippen LogP contribution is -2.05. The van der Waals surface area contributed by atoms with Crippen LogP contribution in [0, 0.1) is 0 Å². The molecule has 0 bridgehead atoms. The van der Waals surface area contributed by atoms with Crippen molar-refractivity contribution < 1.29 is 0 Å². The van der Waals surface area contributed by atoms with Crippen LogP contribution >= 0.6 is 12.4 Å². The fraction of sp³-hybridized carbons (Fsp3) is 0.455. The molecule has 3 heteroatoms. The van der Waals surface area contributed by atoms with Crippen LogP contribution in [0.2, 0.25) is 0 Å². The molecule has 0 aromatic heterocycles. The van der Waals surface area contributed by atoms with Crippen LogP contribution < -0.4 is 10.6 Å². The van der Waals surface area contributed by atoms with E-state index in [9.17, 15) is 0 Å². The van der Waals surface area contributed by atoms with E-state index in [1.807, 2.05) is 0 Å². The monoisotopic (exact) mass is 360 g/mol. The van der Waals surface area contributed by atoms with E-state index in [1.54, 1.807) is 0 Å². The van der Waals surface area contributed by atoms with Gasteiger partial charge in [0, 0.05) is 24.5 Å². The van der Waals surface area contributed by atoms with Gasteiger partial charge in [-0.25, -0.2) is 0 Å². The largest absolute Gasteiger partial charge is 0.385 e. The van der Waals surface area contributed by atoms with Crippen molar-refractivity contribution >= 4 is 23.8 Å². The fourth-order valence-corrected chi connectivity index (χ4v) is 2.84. The van der Waals surface area contributed by atoms with E-state index in [-0.39, 0.29) is 12.4 Å². The smallest absolute Gasteiger partial charge is 0.0341 e. The Morgan fingerprint density at radius 2 is 1.20 bits per heavy atom. The highest BCUT2D eigenvalue weighted by Crippen LogP contribution is 2.14. The van der Waals surface area contributed by atoms with Crippen molar-refractivity contribution in [2.45, 2.75) is 51.9 Å². The Kier molecular flexibility index (Phi) is 11.6. The maximum Gasteiger partial charge on any atom is 0.0341 e. The van der Waals surface area contributed by atoms with Gasteiger partial charge in [-0.2, -0.15) is 0 Å². The van der Waals surface area contributed by atoms with Crippen molar-refractivity contribution in [2.75, 3.05) is 23.7 Å². The second-order valence-electron chi connectivity index (χ2n) is 6.43. The highest BCUT2D eigenvalue weighted by Gasteiger charge is 1.96. The Morgan fingerprint density at radius 1 is 0.640 bits per heavy atom. The molecule has 0 saturated heterocycles. The molecule has 0 radical (unpaired) electrons. The maximum absolute atomic E-state index is 3.52. The summed E-state index contributed by atoms with van der Waals surface area (Å²) in [5, 5.41) is 7.01. The third-order valence-electron chi connectivity index (χ3n) is 4.33. The molecular weight excluding hydrogens is 328 g/mol. The average Bonchev–Trinajstić information content (AvgIpc) is 2.63. The molecule has 2 rings (SSSR count). The SMILES string of the molecule is CCCCCCCCNc1ccc(NCCc2ccccc2)cc1.Cl. The molecule has 0 fully saturated rings. The molecule has 138 valence electrons. The summed E-state index contributed by atoms with van der Waals surface area (Å²) in [5.74, 6) is 0. The van der Waals surface area contributed by atoms with Crippen molar-refractivity contribution in [3.05, 3.63) is 60.2 Å². The van der Waals surface area contributed by atoms with Crippen LogP contribution in [-0.4, -0.2) is 13.1 Å². The number of rotatable bonds is 12. The Bertz CT molecular complexity index is 540. The molecule has 0 atom stereocenters. The molecular formula is C22H33ClN2. The number of benzene rings is 2. The molecule has 0 saturated carbocycles. The van der Waals surface area contributed by atoms with Gasteiger partial charge in [0.2, 0.25) is 0 Å². The van der Waals surface area contributed by atoms with Gasteiger partial charge in [0.05, 0.1) is 0 Å². The standard InChI is InChI=1S/C22H32N2.ClH/c1-2-3-4-5-6-10-18-23-21-13-15-22(16-14-21)24-19-17-20-11-8-7-9-12-20;/h7-9,11-16,23-24H,2-6,10,17-19H2,1H3;1H. The highest BCUT2D eigenvalue weighted by atomic mass is 35.5. The Labute approximate surface area is 159 Å². The van der Waals surface area contributed by atoms with Crippen LogP contribution in [0.15, 0.2) is 54.6 Å². The molecule has 2 aromatic rings. The van der Waals surface area contributed by atoms with Gasteiger partial charge in [-0.1, -0.05) is 69.4 Å². The second kappa shape index (κ2) is 13.6. The van der Waals surface area contributed by atoms with Gasteiger partial charge in [-0.05, 0) is 42.7 Å². The quantitative estimate of drug-likeness (QED) is 0.420. The zero-order chi connectivity index (χ0) is 16.9. The van der Waals surface area contributed by atoms with E-state index >= 15 is 0 Å². The summed E-state index contributed by atoms with van der Waals surface area (Å²) in [6.45, 7) is 4.31. The normalized spacial score (nSPS) is 10.1.